The summed E-state index contributed by atoms with van der Waals surface area (Å²) in [5.41, 5.74) is 1.83. The Morgan fingerprint density at radius 3 is 2.71 bits per heavy atom. The van der Waals surface area contributed by atoms with Crippen molar-refractivity contribution < 1.29 is 4.39 Å². The summed E-state index contributed by atoms with van der Waals surface area (Å²) in [5, 5.41) is 0.537. The van der Waals surface area contributed by atoms with Crippen molar-refractivity contribution in [1.29, 1.82) is 0 Å². The van der Waals surface area contributed by atoms with Crippen LogP contribution < -0.4 is 5.56 Å². The molecular weight excluding hydrogens is 337 g/mol. The van der Waals surface area contributed by atoms with Crippen molar-refractivity contribution >= 4 is 26.8 Å². The van der Waals surface area contributed by atoms with Gasteiger partial charge in [-0.1, -0.05) is 0 Å². The molecule has 2 heterocycles. The van der Waals surface area contributed by atoms with Crippen LogP contribution in [0.1, 0.15) is 5.56 Å². The quantitative estimate of drug-likeness (QED) is 0.679. The molecule has 0 atom stereocenters. The summed E-state index contributed by atoms with van der Waals surface area (Å²) in [6, 6.07) is 6.50. The van der Waals surface area contributed by atoms with Crippen LogP contribution >= 0.6 is 15.9 Å². The van der Waals surface area contributed by atoms with Gasteiger partial charge in [0.05, 0.1) is 17.1 Å². The van der Waals surface area contributed by atoms with Gasteiger partial charge in [-0.25, -0.2) is 14.4 Å². The second-order valence-corrected chi connectivity index (χ2v) is 5.66. The highest BCUT2D eigenvalue weighted by molar-refractivity contribution is 9.10. The van der Waals surface area contributed by atoms with Crippen LogP contribution in [-0.2, 0) is 7.05 Å². The summed E-state index contributed by atoms with van der Waals surface area (Å²) in [4.78, 5) is 21.0. The first-order valence-corrected chi connectivity index (χ1v) is 7.05. The maximum atomic E-state index is 13.0. The van der Waals surface area contributed by atoms with E-state index in [1.165, 1.54) is 16.7 Å². The molecule has 0 fully saturated rings. The Kier molecular flexibility index (Phi) is 3.33. The average molecular weight is 348 g/mol. The first-order valence-electron chi connectivity index (χ1n) is 6.26. The lowest BCUT2D eigenvalue weighted by atomic mass is 10.1. The highest BCUT2D eigenvalue weighted by Crippen LogP contribution is 2.24. The molecule has 0 amide bonds. The number of hydrogen-bond donors (Lipinski definition) is 0. The molecule has 0 bridgehead atoms. The van der Waals surface area contributed by atoms with Crippen molar-refractivity contribution in [2.75, 3.05) is 0 Å². The lowest BCUT2D eigenvalue weighted by Crippen LogP contribution is -2.20. The minimum Gasteiger partial charge on any atom is -0.294 e. The molecule has 0 spiro atoms. The molecule has 0 saturated carbocycles. The van der Waals surface area contributed by atoms with E-state index in [-0.39, 0.29) is 5.56 Å². The van der Waals surface area contributed by atoms with Crippen molar-refractivity contribution in [3.63, 3.8) is 0 Å². The third-order valence-electron chi connectivity index (χ3n) is 3.23. The van der Waals surface area contributed by atoms with Crippen molar-refractivity contribution in [2.24, 2.45) is 7.05 Å². The van der Waals surface area contributed by atoms with Gasteiger partial charge in [-0.15, -0.1) is 0 Å². The molecule has 0 unspecified atom stereocenters. The first kappa shape index (κ1) is 13.9. The SMILES string of the molecule is Cc1cc(Br)c2nc(-c3ccc(F)cn3)n(C)c(=O)c2c1. The van der Waals surface area contributed by atoms with Crippen molar-refractivity contribution in [3.8, 4) is 11.5 Å². The fraction of sp³-hybridized carbons (Fsp3) is 0.133. The van der Waals surface area contributed by atoms with E-state index in [4.69, 9.17) is 0 Å². The van der Waals surface area contributed by atoms with E-state index in [9.17, 15) is 9.18 Å². The van der Waals surface area contributed by atoms with Crippen molar-refractivity contribution in [3.05, 3.63) is 56.7 Å². The van der Waals surface area contributed by atoms with Gasteiger partial charge >= 0.3 is 0 Å². The number of benzene rings is 1. The summed E-state index contributed by atoms with van der Waals surface area (Å²) in [6.45, 7) is 1.92. The van der Waals surface area contributed by atoms with Crippen LogP contribution in [0.4, 0.5) is 4.39 Å². The minimum atomic E-state index is -0.429. The van der Waals surface area contributed by atoms with E-state index in [2.05, 4.69) is 25.9 Å². The molecular formula is C15H11BrFN3O. The number of hydrogen-bond acceptors (Lipinski definition) is 3. The van der Waals surface area contributed by atoms with E-state index in [1.807, 2.05) is 13.0 Å². The molecule has 2 aromatic heterocycles. The molecule has 21 heavy (non-hydrogen) atoms. The van der Waals surface area contributed by atoms with Crippen molar-refractivity contribution in [1.82, 2.24) is 14.5 Å². The Morgan fingerprint density at radius 2 is 2.05 bits per heavy atom. The van der Waals surface area contributed by atoms with E-state index < -0.39 is 5.82 Å². The van der Waals surface area contributed by atoms with E-state index >= 15 is 0 Å². The minimum absolute atomic E-state index is 0.162. The normalized spacial score (nSPS) is 11.0. The largest absolute Gasteiger partial charge is 0.294 e. The lowest BCUT2D eigenvalue weighted by molar-refractivity contribution is 0.621. The van der Waals surface area contributed by atoms with E-state index in [1.54, 1.807) is 13.1 Å². The molecule has 3 rings (SSSR count). The molecule has 1 aromatic carbocycles. The third-order valence-corrected chi connectivity index (χ3v) is 3.84. The summed E-state index contributed by atoms with van der Waals surface area (Å²) >= 11 is 3.43. The zero-order valence-corrected chi connectivity index (χ0v) is 13.0. The number of pyridine rings is 1. The number of halogens is 2. The lowest BCUT2D eigenvalue weighted by Gasteiger charge is -2.10. The number of rotatable bonds is 1. The van der Waals surface area contributed by atoms with Gasteiger partial charge in [0.1, 0.15) is 11.5 Å². The molecule has 4 nitrogen and oxygen atoms in total. The second-order valence-electron chi connectivity index (χ2n) is 4.80. The van der Waals surface area contributed by atoms with Crippen LogP contribution in [0, 0.1) is 12.7 Å². The number of nitrogens with zero attached hydrogens (tertiary/aromatic N) is 3. The van der Waals surface area contributed by atoms with E-state index in [0.717, 1.165) is 16.2 Å². The predicted octanol–water partition coefficient (Wildman–Crippen LogP) is 3.21. The van der Waals surface area contributed by atoms with Crippen LogP contribution in [0.2, 0.25) is 0 Å². The van der Waals surface area contributed by atoms with Crippen LogP contribution in [0.3, 0.4) is 0 Å². The highest BCUT2D eigenvalue weighted by atomic mass is 79.9. The zero-order chi connectivity index (χ0) is 15.1. The number of aromatic nitrogens is 3. The Morgan fingerprint density at radius 1 is 1.29 bits per heavy atom. The maximum absolute atomic E-state index is 13.0. The highest BCUT2D eigenvalue weighted by Gasteiger charge is 2.13. The molecule has 0 aliphatic heterocycles. The van der Waals surface area contributed by atoms with Gasteiger partial charge in [-0.05, 0) is 52.7 Å². The van der Waals surface area contributed by atoms with Gasteiger partial charge in [0.2, 0.25) is 0 Å². The Bertz CT molecular complexity index is 903. The maximum Gasteiger partial charge on any atom is 0.261 e. The average Bonchev–Trinajstić information content (AvgIpc) is 2.44. The first-order chi connectivity index (χ1) is 9.97. The molecule has 106 valence electrons. The Hall–Kier alpha value is -2.08. The van der Waals surface area contributed by atoms with Gasteiger partial charge < -0.3 is 0 Å². The van der Waals surface area contributed by atoms with Crippen LogP contribution in [0.25, 0.3) is 22.4 Å². The Balaban J connectivity index is 2.37. The molecule has 0 radical (unpaired) electrons. The third kappa shape index (κ3) is 2.35. The Labute approximate surface area is 128 Å². The van der Waals surface area contributed by atoms with Gasteiger partial charge in [0, 0.05) is 11.5 Å². The monoisotopic (exact) mass is 347 g/mol. The van der Waals surface area contributed by atoms with Gasteiger partial charge in [-0.3, -0.25) is 9.36 Å². The van der Waals surface area contributed by atoms with Crippen LogP contribution in [0.15, 0.2) is 39.7 Å². The fourth-order valence-electron chi connectivity index (χ4n) is 2.21. The van der Waals surface area contributed by atoms with Gasteiger partial charge in [0.25, 0.3) is 5.56 Å². The number of aryl methyl sites for hydroxylation is 1. The molecule has 0 aliphatic carbocycles. The zero-order valence-electron chi connectivity index (χ0n) is 11.4. The summed E-state index contributed by atoms with van der Waals surface area (Å²) in [7, 11) is 1.63. The van der Waals surface area contributed by atoms with Gasteiger partial charge in [-0.2, -0.15) is 0 Å². The van der Waals surface area contributed by atoms with Gasteiger partial charge in [0.15, 0.2) is 5.82 Å². The van der Waals surface area contributed by atoms with Crippen LogP contribution in [-0.4, -0.2) is 14.5 Å². The standard InChI is InChI=1S/C15H11BrFN3O/c1-8-5-10-13(11(16)6-8)19-14(20(2)15(10)21)12-4-3-9(17)7-18-12/h3-7H,1-2H3. The smallest absolute Gasteiger partial charge is 0.261 e. The molecule has 0 saturated heterocycles. The molecule has 6 heteroatoms. The van der Waals surface area contributed by atoms with Crippen molar-refractivity contribution in [2.45, 2.75) is 6.92 Å². The summed E-state index contributed by atoms with van der Waals surface area (Å²) in [6.07, 6.45) is 1.11. The molecule has 3 aromatic rings. The molecule has 0 N–H and O–H groups in total. The predicted molar refractivity (Wildman–Crippen MR) is 82.6 cm³/mol. The van der Waals surface area contributed by atoms with E-state index in [0.29, 0.717) is 22.4 Å². The summed E-state index contributed by atoms with van der Waals surface area (Å²) < 4.78 is 15.2. The topological polar surface area (TPSA) is 47.8 Å². The second kappa shape index (κ2) is 5.04. The number of fused-ring (bicyclic) bond motifs is 1. The van der Waals surface area contributed by atoms with Crippen LogP contribution in [0.5, 0.6) is 0 Å². The molecule has 0 aliphatic rings. The fourth-order valence-corrected chi connectivity index (χ4v) is 2.87. The summed E-state index contributed by atoms with van der Waals surface area (Å²) in [5.74, 6) is -0.0293.